The number of carbonyl (C=O) groups is 1. The smallest absolute Gasteiger partial charge is 0.337 e. The molecule has 0 fully saturated rings. The predicted octanol–water partition coefficient (Wildman–Crippen LogP) is 4.48. The Bertz CT molecular complexity index is 814. The zero-order valence-corrected chi connectivity index (χ0v) is 13.4. The fourth-order valence-electron chi connectivity index (χ4n) is 2.59. The Morgan fingerprint density at radius 1 is 1.22 bits per heavy atom. The van der Waals surface area contributed by atoms with Gasteiger partial charge in [0.2, 0.25) is 0 Å². The Morgan fingerprint density at radius 2 is 2.00 bits per heavy atom. The molecule has 1 aliphatic heterocycles. The van der Waals surface area contributed by atoms with Crippen molar-refractivity contribution in [2.75, 3.05) is 7.11 Å². The van der Waals surface area contributed by atoms with E-state index < -0.39 is 11.8 Å². The predicted molar refractivity (Wildman–Crippen MR) is 86.4 cm³/mol. The fraction of sp³-hybridized carbons (Fsp3) is 0.167. The summed E-state index contributed by atoms with van der Waals surface area (Å²) in [5.74, 6) is -0.193. The number of benzene rings is 2. The van der Waals surface area contributed by atoms with Crippen LogP contribution in [0.25, 0.3) is 5.57 Å². The average Bonchev–Trinajstić information content (AvgIpc) is 2.53. The molecule has 0 N–H and O–H groups in total. The van der Waals surface area contributed by atoms with Crippen molar-refractivity contribution in [3.8, 4) is 5.75 Å². The Balaban J connectivity index is 2.16. The second-order valence-corrected chi connectivity index (χ2v) is 5.64. The molecule has 0 saturated heterocycles. The highest BCUT2D eigenvalue weighted by atomic mass is 35.5. The van der Waals surface area contributed by atoms with Crippen LogP contribution in [0.2, 0.25) is 5.02 Å². The average molecular weight is 333 g/mol. The summed E-state index contributed by atoms with van der Waals surface area (Å²) in [6, 6.07) is 9.30. The Hall–Kier alpha value is -2.33. The molecular formula is C18H14ClFO3. The quantitative estimate of drug-likeness (QED) is 0.761. The van der Waals surface area contributed by atoms with E-state index in [4.69, 9.17) is 21.1 Å². The molecule has 0 spiro atoms. The van der Waals surface area contributed by atoms with Crippen LogP contribution in [0.15, 0.2) is 42.5 Å². The van der Waals surface area contributed by atoms with Crippen molar-refractivity contribution in [2.45, 2.75) is 13.0 Å². The third-order valence-corrected chi connectivity index (χ3v) is 3.94. The molecule has 1 aliphatic rings. The van der Waals surface area contributed by atoms with E-state index in [0.717, 1.165) is 11.1 Å². The van der Waals surface area contributed by atoms with Crippen LogP contribution in [0.5, 0.6) is 5.75 Å². The van der Waals surface area contributed by atoms with E-state index in [-0.39, 0.29) is 6.10 Å². The zero-order valence-electron chi connectivity index (χ0n) is 12.6. The normalized spacial score (nSPS) is 16.2. The van der Waals surface area contributed by atoms with E-state index in [1.54, 1.807) is 24.3 Å². The molecule has 0 radical (unpaired) electrons. The Kier molecular flexibility index (Phi) is 4.09. The van der Waals surface area contributed by atoms with Crippen LogP contribution in [0.3, 0.4) is 0 Å². The van der Waals surface area contributed by atoms with E-state index in [9.17, 15) is 9.18 Å². The van der Waals surface area contributed by atoms with Gasteiger partial charge in [-0.05, 0) is 55.0 Å². The summed E-state index contributed by atoms with van der Waals surface area (Å²) in [5, 5.41) is 0.305. The number of methoxy groups -OCH3 is 1. The second-order valence-electron chi connectivity index (χ2n) is 5.23. The van der Waals surface area contributed by atoms with E-state index >= 15 is 0 Å². The van der Waals surface area contributed by atoms with Crippen LogP contribution in [0.4, 0.5) is 4.39 Å². The van der Waals surface area contributed by atoms with Crippen LogP contribution in [0.1, 0.15) is 28.4 Å². The molecule has 2 aromatic carbocycles. The third kappa shape index (κ3) is 2.94. The van der Waals surface area contributed by atoms with Crippen LogP contribution >= 0.6 is 11.6 Å². The summed E-state index contributed by atoms with van der Waals surface area (Å²) >= 11 is 6.19. The maximum Gasteiger partial charge on any atom is 0.337 e. The van der Waals surface area contributed by atoms with Gasteiger partial charge in [-0.15, -0.1) is 0 Å². The van der Waals surface area contributed by atoms with Gasteiger partial charge >= 0.3 is 5.97 Å². The van der Waals surface area contributed by atoms with Crippen molar-refractivity contribution in [2.24, 2.45) is 0 Å². The molecule has 0 aliphatic carbocycles. The molecular weight excluding hydrogens is 319 g/mol. The van der Waals surface area contributed by atoms with Crippen molar-refractivity contribution in [3.63, 3.8) is 0 Å². The van der Waals surface area contributed by atoms with Gasteiger partial charge < -0.3 is 9.47 Å². The first kappa shape index (κ1) is 15.6. The molecule has 3 nitrogen and oxygen atoms in total. The topological polar surface area (TPSA) is 35.5 Å². The number of rotatable bonds is 2. The summed E-state index contributed by atoms with van der Waals surface area (Å²) in [6.07, 6.45) is 1.73. The Morgan fingerprint density at radius 3 is 2.70 bits per heavy atom. The molecule has 0 amide bonds. The number of fused-ring (bicyclic) bond motifs is 1. The molecule has 1 unspecified atom stereocenters. The van der Waals surface area contributed by atoms with Crippen molar-refractivity contribution in [1.29, 1.82) is 0 Å². The molecule has 1 atom stereocenters. The van der Waals surface area contributed by atoms with Crippen molar-refractivity contribution in [1.82, 2.24) is 0 Å². The summed E-state index contributed by atoms with van der Waals surface area (Å²) in [4.78, 5) is 11.8. The molecule has 3 rings (SSSR count). The van der Waals surface area contributed by atoms with E-state index in [1.165, 1.54) is 19.2 Å². The highest BCUT2D eigenvalue weighted by molar-refractivity contribution is 6.32. The molecule has 1 heterocycles. The van der Waals surface area contributed by atoms with Gasteiger partial charge in [0.15, 0.2) is 0 Å². The minimum atomic E-state index is -0.434. The van der Waals surface area contributed by atoms with Crippen molar-refractivity contribution < 1.29 is 18.7 Å². The fourth-order valence-corrected chi connectivity index (χ4v) is 2.86. The third-order valence-electron chi connectivity index (χ3n) is 3.63. The van der Waals surface area contributed by atoms with E-state index in [2.05, 4.69) is 0 Å². The summed E-state index contributed by atoms with van der Waals surface area (Å²) in [6.45, 7) is 1.90. The second kappa shape index (κ2) is 6.05. The van der Waals surface area contributed by atoms with Crippen LogP contribution in [-0.2, 0) is 4.74 Å². The van der Waals surface area contributed by atoms with E-state index in [1.807, 2.05) is 13.0 Å². The van der Waals surface area contributed by atoms with E-state index in [0.29, 0.717) is 21.9 Å². The van der Waals surface area contributed by atoms with Gasteiger partial charge in [-0.2, -0.15) is 0 Å². The first-order valence-electron chi connectivity index (χ1n) is 7.06. The molecule has 0 saturated carbocycles. The number of esters is 1. The Labute approximate surface area is 138 Å². The highest BCUT2D eigenvalue weighted by Gasteiger charge is 2.22. The minimum absolute atomic E-state index is 0.164. The van der Waals surface area contributed by atoms with Crippen LogP contribution in [-0.4, -0.2) is 19.2 Å². The molecule has 23 heavy (non-hydrogen) atoms. The molecule has 0 aromatic heterocycles. The number of halogens is 2. The lowest BCUT2D eigenvalue weighted by molar-refractivity contribution is 0.0600. The van der Waals surface area contributed by atoms with Gasteiger partial charge in [0.1, 0.15) is 17.7 Å². The monoisotopic (exact) mass is 332 g/mol. The minimum Gasteiger partial charge on any atom is -0.486 e. The largest absolute Gasteiger partial charge is 0.486 e. The van der Waals surface area contributed by atoms with Gasteiger partial charge in [-0.3, -0.25) is 0 Å². The summed E-state index contributed by atoms with van der Waals surface area (Å²) in [7, 11) is 1.33. The maximum atomic E-state index is 13.3. The molecule has 5 heteroatoms. The summed E-state index contributed by atoms with van der Waals surface area (Å²) < 4.78 is 23.8. The highest BCUT2D eigenvalue weighted by Crippen LogP contribution is 2.39. The van der Waals surface area contributed by atoms with Gasteiger partial charge in [0, 0.05) is 11.1 Å². The number of hydrogen-bond acceptors (Lipinski definition) is 3. The molecule has 0 bridgehead atoms. The first-order valence-corrected chi connectivity index (χ1v) is 7.44. The van der Waals surface area contributed by atoms with Gasteiger partial charge in [-0.1, -0.05) is 11.6 Å². The number of carbonyl (C=O) groups excluding carboxylic acids is 1. The number of hydrogen-bond donors (Lipinski definition) is 0. The zero-order chi connectivity index (χ0) is 16.6. The first-order chi connectivity index (χ1) is 11.0. The lowest BCUT2D eigenvalue weighted by atomic mass is 9.92. The maximum absolute atomic E-state index is 13.3. The van der Waals surface area contributed by atoms with Gasteiger partial charge in [-0.25, -0.2) is 9.18 Å². The lowest BCUT2D eigenvalue weighted by Crippen LogP contribution is -2.16. The standard InChI is InChI=1S/C18H14ClFO3/c1-10-7-14(13-5-4-12(20)9-16(13)19)15-8-11(18(21)22-2)3-6-17(15)23-10/h3-10H,1-2H3. The molecule has 118 valence electrons. The van der Waals surface area contributed by atoms with Crippen molar-refractivity contribution in [3.05, 3.63) is 70.0 Å². The van der Waals surface area contributed by atoms with Crippen molar-refractivity contribution >= 4 is 23.1 Å². The lowest BCUT2D eigenvalue weighted by Gasteiger charge is -2.24. The molecule has 2 aromatic rings. The SMILES string of the molecule is COC(=O)c1ccc2c(c1)C(c1ccc(F)cc1Cl)=CC(C)O2. The number of ether oxygens (including phenoxy) is 2. The van der Waals surface area contributed by atoms with Crippen LogP contribution < -0.4 is 4.74 Å². The summed E-state index contributed by atoms with van der Waals surface area (Å²) in [5.41, 5.74) is 2.62. The van der Waals surface area contributed by atoms with Gasteiger partial charge in [0.25, 0.3) is 0 Å². The van der Waals surface area contributed by atoms with Crippen LogP contribution in [0, 0.1) is 5.82 Å². The van der Waals surface area contributed by atoms with Gasteiger partial charge in [0.05, 0.1) is 17.7 Å².